The van der Waals surface area contributed by atoms with Crippen molar-refractivity contribution in [1.29, 1.82) is 0 Å². The summed E-state index contributed by atoms with van der Waals surface area (Å²) in [4.78, 5) is 0. The zero-order chi connectivity index (χ0) is 3.54. The SMILES string of the molecule is C1=[CH][Ga][CH]=C1. The van der Waals surface area contributed by atoms with Gasteiger partial charge in [-0.15, -0.1) is 0 Å². The molecule has 23 valence electrons. The van der Waals surface area contributed by atoms with Crippen molar-refractivity contribution in [3.8, 4) is 0 Å². The van der Waals surface area contributed by atoms with Crippen molar-refractivity contribution in [2.45, 2.75) is 0 Å². The third-order valence-corrected chi connectivity index (χ3v) is 2.42. The molecule has 0 saturated heterocycles. The Labute approximate surface area is 39.4 Å². The van der Waals surface area contributed by atoms with E-state index in [0.29, 0.717) is 0 Å². The maximum absolute atomic E-state index is 2.28. The van der Waals surface area contributed by atoms with Crippen LogP contribution in [0.4, 0.5) is 0 Å². The normalized spacial score (nSPS) is 16.0. The molecule has 1 radical (unpaired) electrons. The van der Waals surface area contributed by atoms with Crippen molar-refractivity contribution in [3.05, 3.63) is 21.4 Å². The molecule has 1 heteroatoms. The van der Waals surface area contributed by atoms with Gasteiger partial charge in [0.05, 0.1) is 0 Å². The number of rotatable bonds is 0. The quantitative estimate of drug-likeness (QED) is 0.415. The molecule has 1 aliphatic rings. The predicted octanol–water partition coefficient (Wildman–Crippen LogP) is 0.732. The molecule has 0 aromatic carbocycles. The van der Waals surface area contributed by atoms with E-state index in [1.807, 2.05) is 0 Å². The molecule has 1 aliphatic heterocycles. The third kappa shape index (κ3) is 0.704. The van der Waals surface area contributed by atoms with Gasteiger partial charge in [0.1, 0.15) is 0 Å². The van der Waals surface area contributed by atoms with Crippen LogP contribution in [0.25, 0.3) is 0 Å². The van der Waals surface area contributed by atoms with Crippen LogP contribution in [0, 0.1) is 0 Å². The van der Waals surface area contributed by atoms with Gasteiger partial charge in [0.15, 0.2) is 0 Å². The van der Waals surface area contributed by atoms with Crippen molar-refractivity contribution in [1.82, 2.24) is 0 Å². The van der Waals surface area contributed by atoms with E-state index < -0.39 is 0 Å². The second-order valence-corrected chi connectivity index (χ2v) is 3.38. The first-order chi connectivity index (χ1) is 2.50. The molecule has 0 aromatic heterocycles. The minimum atomic E-state index is 0.0625. The third-order valence-electron chi connectivity index (χ3n) is 0.556. The topological polar surface area (TPSA) is 0 Å². The Morgan fingerprint density at radius 3 is 1.80 bits per heavy atom. The first-order valence-corrected chi connectivity index (χ1v) is 4.46. The molecule has 0 nitrogen and oxygen atoms in total. The van der Waals surface area contributed by atoms with Crippen LogP contribution in [-0.2, 0) is 0 Å². The molecular weight excluding hydrogens is 118 g/mol. The van der Waals surface area contributed by atoms with E-state index >= 15 is 0 Å². The molecule has 1 rings (SSSR count). The Kier molecular flexibility index (Phi) is 1.01. The van der Waals surface area contributed by atoms with Crippen LogP contribution in [0.3, 0.4) is 0 Å². The summed E-state index contributed by atoms with van der Waals surface area (Å²) in [6.07, 6.45) is 4.25. The molecule has 5 heavy (non-hydrogen) atoms. The fraction of sp³-hybridized carbons (Fsp3) is 0. The molecular formula is C4H4Ga. The van der Waals surface area contributed by atoms with Gasteiger partial charge in [-0.05, 0) is 0 Å². The van der Waals surface area contributed by atoms with Gasteiger partial charge in [-0.1, -0.05) is 0 Å². The van der Waals surface area contributed by atoms with Crippen LogP contribution in [-0.4, -0.2) is 17.4 Å². The van der Waals surface area contributed by atoms with E-state index in [4.69, 9.17) is 0 Å². The van der Waals surface area contributed by atoms with E-state index in [1.165, 1.54) is 0 Å². The molecule has 0 amide bonds. The van der Waals surface area contributed by atoms with Crippen LogP contribution in [0.5, 0.6) is 0 Å². The second kappa shape index (κ2) is 1.53. The molecule has 0 atom stereocenters. The molecule has 0 aromatic rings. The summed E-state index contributed by atoms with van der Waals surface area (Å²) >= 11 is 0.0625. The Hall–Kier alpha value is 0.116. The molecule has 0 bridgehead atoms. The van der Waals surface area contributed by atoms with Crippen LogP contribution >= 0.6 is 0 Å². The zero-order valence-corrected chi connectivity index (χ0v) is 5.31. The first kappa shape index (κ1) is 3.31. The van der Waals surface area contributed by atoms with Gasteiger partial charge in [0, 0.05) is 0 Å². The van der Waals surface area contributed by atoms with E-state index in [2.05, 4.69) is 21.4 Å². The van der Waals surface area contributed by atoms with Gasteiger partial charge in [0.2, 0.25) is 0 Å². The zero-order valence-electron chi connectivity index (χ0n) is 2.89. The molecule has 0 saturated carbocycles. The molecule has 0 aliphatic carbocycles. The summed E-state index contributed by atoms with van der Waals surface area (Å²) in [5, 5.41) is 0. The Morgan fingerprint density at radius 1 is 1.00 bits per heavy atom. The van der Waals surface area contributed by atoms with Gasteiger partial charge < -0.3 is 0 Å². The fourth-order valence-corrected chi connectivity index (χ4v) is 1.67. The Morgan fingerprint density at radius 2 is 1.60 bits per heavy atom. The predicted molar refractivity (Wildman–Crippen MR) is 24.0 cm³/mol. The van der Waals surface area contributed by atoms with Crippen LogP contribution in [0.1, 0.15) is 0 Å². The number of hydrogen-bond acceptors (Lipinski definition) is 0. The van der Waals surface area contributed by atoms with Crippen molar-refractivity contribution in [2.75, 3.05) is 0 Å². The average Bonchev–Trinajstić information content (AvgIpc) is 1.76. The Bertz CT molecular complexity index is 61.7. The van der Waals surface area contributed by atoms with E-state index in [-0.39, 0.29) is 17.4 Å². The van der Waals surface area contributed by atoms with Crippen LogP contribution in [0.15, 0.2) is 21.4 Å². The van der Waals surface area contributed by atoms with Crippen molar-refractivity contribution >= 4 is 17.4 Å². The summed E-state index contributed by atoms with van der Waals surface area (Å²) in [6, 6.07) is 0. The van der Waals surface area contributed by atoms with Crippen LogP contribution < -0.4 is 0 Å². The fourth-order valence-electron chi connectivity index (χ4n) is 0.321. The minimum absolute atomic E-state index is 0.0625. The van der Waals surface area contributed by atoms with E-state index in [1.54, 1.807) is 0 Å². The summed E-state index contributed by atoms with van der Waals surface area (Å²) in [5.74, 6) is 0. The molecule has 1 heterocycles. The summed E-state index contributed by atoms with van der Waals surface area (Å²) in [5.41, 5.74) is 0. The average molecular weight is 122 g/mol. The first-order valence-electron chi connectivity index (χ1n) is 1.67. The van der Waals surface area contributed by atoms with Gasteiger partial charge >= 0.3 is 38.8 Å². The number of allylic oxidation sites excluding steroid dienone is 2. The Balaban J connectivity index is 2.61. The molecule has 0 spiro atoms. The molecule has 0 unspecified atom stereocenters. The monoisotopic (exact) mass is 121 g/mol. The standard InChI is InChI=1S/C4H4.Ga/c1-3-4-2;/h1-4H;. The van der Waals surface area contributed by atoms with Crippen molar-refractivity contribution in [3.63, 3.8) is 0 Å². The van der Waals surface area contributed by atoms with E-state index in [0.717, 1.165) is 0 Å². The van der Waals surface area contributed by atoms with Crippen LogP contribution in [0.2, 0.25) is 0 Å². The summed E-state index contributed by atoms with van der Waals surface area (Å²) in [7, 11) is 0. The van der Waals surface area contributed by atoms with Gasteiger partial charge in [-0.3, -0.25) is 0 Å². The van der Waals surface area contributed by atoms with Gasteiger partial charge in [-0.2, -0.15) is 0 Å². The summed E-state index contributed by atoms with van der Waals surface area (Å²) < 4.78 is 4.56. The van der Waals surface area contributed by atoms with Gasteiger partial charge in [0.25, 0.3) is 0 Å². The summed E-state index contributed by atoms with van der Waals surface area (Å²) in [6.45, 7) is 0. The van der Waals surface area contributed by atoms with E-state index in [9.17, 15) is 0 Å². The second-order valence-electron chi connectivity index (χ2n) is 0.962. The van der Waals surface area contributed by atoms with Crippen molar-refractivity contribution < 1.29 is 0 Å². The maximum atomic E-state index is 2.28. The molecule has 0 fully saturated rings. The number of hydrogen-bond donors (Lipinski definition) is 0. The van der Waals surface area contributed by atoms with Crippen molar-refractivity contribution in [2.24, 2.45) is 0 Å². The van der Waals surface area contributed by atoms with Gasteiger partial charge in [-0.25, -0.2) is 0 Å². The molecule has 0 N–H and O–H groups in total.